The van der Waals surface area contributed by atoms with Crippen LogP contribution in [0.25, 0.3) is 0 Å². The number of methoxy groups -OCH3 is 1. The van der Waals surface area contributed by atoms with Crippen LogP contribution in [0.3, 0.4) is 0 Å². The number of anilines is 4. The van der Waals surface area contributed by atoms with E-state index in [0.717, 1.165) is 44.6 Å². The second-order valence-electron chi connectivity index (χ2n) is 12.0. The number of ether oxygens (including phenoxy) is 1. The van der Waals surface area contributed by atoms with Crippen molar-refractivity contribution in [2.75, 3.05) is 56.0 Å². The second kappa shape index (κ2) is 13.1. The van der Waals surface area contributed by atoms with Crippen LogP contribution in [0.5, 0.6) is 5.75 Å². The van der Waals surface area contributed by atoms with Crippen molar-refractivity contribution in [3.8, 4) is 5.75 Å². The highest BCUT2D eigenvalue weighted by Crippen LogP contribution is 2.40. The SMILES string of the molecule is CCC(CCN(C)CC)NC(=O)c1ccc(Nc2ncc3c(n2)N(C2CCCC2)CC(C)(C)C(=O)N3C)c(OC)c1. The van der Waals surface area contributed by atoms with Crippen molar-refractivity contribution >= 4 is 35.0 Å². The Balaban J connectivity index is 1.56. The molecule has 1 unspecified atom stereocenters. The molecular formula is C31H47N7O3. The Kier molecular flexibility index (Phi) is 9.73. The topological polar surface area (TPSA) is 103 Å². The van der Waals surface area contributed by atoms with Gasteiger partial charge < -0.3 is 30.1 Å². The number of hydrogen-bond acceptors (Lipinski definition) is 8. The van der Waals surface area contributed by atoms with Gasteiger partial charge in [0.15, 0.2) is 5.82 Å². The van der Waals surface area contributed by atoms with Crippen LogP contribution in [0.1, 0.15) is 76.6 Å². The number of fused-ring (bicyclic) bond motifs is 1. The lowest BCUT2D eigenvalue weighted by molar-refractivity contribution is -0.125. The molecule has 1 aromatic carbocycles. The summed E-state index contributed by atoms with van der Waals surface area (Å²) >= 11 is 0. The minimum atomic E-state index is -0.548. The highest BCUT2D eigenvalue weighted by Gasteiger charge is 2.41. The van der Waals surface area contributed by atoms with E-state index in [1.807, 2.05) is 19.9 Å². The third-order valence-corrected chi connectivity index (χ3v) is 8.54. The minimum absolute atomic E-state index is 0.0572. The number of nitrogens with zero attached hydrogens (tertiary/aromatic N) is 5. The molecule has 10 nitrogen and oxygen atoms in total. The lowest BCUT2D eigenvalue weighted by atomic mass is 9.91. The van der Waals surface area contributed by atoms with Crippen molar-refractivity contribution in [3.05, 3.63) is 30.0 Å². The van der Waals surface area contributed by atoms with E-state index in [2.05, 4.69) is 46.3 Å². The Morgan fingerprint density at radius 2 is 1.98 bits per heavy atom. The molecule has 2 aliphatic rings. The summed E-state index contributed by atoms with van der Waals surface area (Å²) in [5.74, 6) is 1.64. The van der Waals surface area contributed by atoms with Gasteiger partial charge in [-0.2, -0.15) is 4.98 Å². The fraction of sp³-hybridized carbons (Fsp3) is 0.613. The first-order valence-corrected chi connectivity index (χ1v) is 14.9. The molecule has 1 aliphatic carbocycles. The fourth-order valence-corrected chi connectivity index (χ4v) is 5.76. The van der Waals surface area contributed by atoms with Crippen LogP contribution in [0.4, 0.5) is 23.1 Å². The summed E-state index contributed by atoms with van der Waals surface area (Å²) in [7, 11) is 5.47. The molecule has 2 N–H and O–H groups in total. The molecule has 1 atom stereocenters. The average Bonchev–Trinajstić information content (AvgIpc) is 3.50. The summed E-state index contributed by atoms with van der Waals surface area (Å²) in [4.78, 5) is 42.1. The van der Waals surface area contributed by atoms with Crippen LogP contribution < -0.4 is 25.2 Å². The van der Waals surface area contributed by atoms with E-state index in [9.17, 15) is 9.59 Å². The molecule has 1 aliphatic heterocycles. The number of carbonyl (C=O) groups is 2. The molecular weight excluding hydrogens is 518 g/mol. The highest BCUT2D eigenvalue weighted by atomic mass is 16.5. The molecule has 1 saturated carbocycles. The molecule has 2 amide bonds. The lowest BCUT2D eigenvalue weighted by Crippen LogP contribution is -2.45. The Morgan fingerprint density at radius 1 is 1.24 bits per heavy atom. The normalized spacial score (nSPS) is 17.8. The number of carbonyl (C=O) groups excluding carboxylic acids is 2. The number of amides is 2. The maximum Gasteiger partial charge on any atom is 0.251 e. The first-order valence-electron chi connectivity index (χ1n) is 14.9. The van der Waals surface area contributed by atoms with Gasteiger partial charge in [-0.15, -0.1) is 0 Å². The predicted molar refractivity (Wildman–Crippen MR) is 164 cm³/mol. The van der Waals surface area contributed by atoms with Gasteiger partial charge in [-0.3, -0.25) is 9.59 Å². The van der Waals surface area contributed by atoms with Crippen LogP contribution >= 0.6 is 0 Å². The lowest BCUT2D eigenvalue weighted by Gasteiger charge is -2.34. The van der Waals surface area contributed by atoms with Crippen molar-refractivity contribution in [2.45, 2.75) is 78.3 Å². The van der Waals surface area contributed by atoms with Gasteiger partial charge in [0.2, 0.25) is 11.9 Å². The molecule has 224 valence electrons. The average molecular weight is 566 g/mol. The largest absolute Gasteiger partial charge is 0.495 e. The van der Waals surface area contributed by atoms with E-state index in [-0.39, 0.29) is 17.9 Å². The zero-order valence-electron chi connectivity index (χ0n) is 25.8. The third kappa shape index (κ3) is 6.92. The zero-order chi connectivity index (χ0) is 29.7. The summed E-state index contributed by atoms with van der Waals surface area (Å²) in [6.07, 6.45) is 8.03. The van der Waals surface area contributed by atoms with Crippen molar-refractivity contribution < 1.29 is 14.3 Å². The van der Waals surface area contributed by atoms with E-state index < -0.39 is 5.41 Å². The second-order valence-corrected chi connectivity index (χ2v) is 12.0. The van der Waals surface area contributed by atoms with Gasteiger partial charge in [-0.1, -0.05) is 26.7 Å². The minimum Gasteiger partial charge on any atom is -0.495 e. The molecule has 0 spiro atoms. The standard InChI is InChI=1S/C31H47N7O3/c1-8-22(16-17-36(5)9-2)33-28(39)21-14-15-24(26(18-21)41-7)34-30-32-19-25-27(35-30)38(23-12-10-11-13-23)20-31(3,4)29(40)37(25)6/h14-15,18-19,22-23H,8-13,16-17,20H2,1-7H3,(H,33,39)(H,32,34,35). The first kappa shape index (κ1) is 30.6. The molecule has 0 saturated heterocycles. The quantitative estimate of drug-likeness (QED) is 0.399. The van der Waals surface area contributed by atoms with Crippen molar-refractivity contribution in [3.63, 3.8) is 0 Å². The van der Waals surface area contributed by atoms with Gasteiger partial charge >= 0.3 is 0 Å². The molecule has 2 heterocycles. The van der Waals surface area contributed by atoms with E-state index in [0.29, 0.717) is 41.2 Å². The number of hydrogen-bond donors (Lipinski definition) is 2. The summed E-state index contributed by atoms with van der Waals surface area (Å²) in [6.45, 7) is 10.7. The first-order chi connectivity index (χ1) is 19.6. The van der Waals surface area contributed by atoms with Gasteiger partial charge in [-0.05, 0) is 77.9 Å². The number of benzene rings is 1. The van der Waals surface area contributed by atoms with Crippen LogP contribution in [0.15, 0.2) is 24.4 Å². The number of rotatable bonds is 11. The van der Waals surface area contributed by atoms with Crippen molar-refractivity contribution in [2.24, 2.45) is 5.41 Å². The third-order valence-electron chi connectivity index (χ3n) is 8.54. The molecule has 2 aromatic rings. The van der Waals surface area contributed by atoms with Gasteiger partial charge in [0.1, 0.15) is 11.4 Å². The van der Waals surface area contributed by atoms with Crippen molar-refractivity contribution in [1.29, 1.82) is 0 Å². The highest BCUT2D eigenvalue weighted by molar-refractivity contribution is 6.01. The van der Waals surface area contributed by atoms with Crippen LogP contribution in [-0.4, -0.2) is 79.6 Å². The smallest absolute Gasteiger partial charge is 0.251 e. The molecule has 10 heteroatoms. The molecule has 1 aromatic heterocycles. The predicted octanol–water partition coefficient (Wildman–Crippen LogP) is 4.83. The molecule has 0 radical (unpaired) electrons. The Morgan fingerprint density at radius 3 is 2.63 bits per heavy atom. The maximum atomic E-state index is 13.3. The summed E-state index contributed by atoms with van der Waals surface area (Å²) in [5, 5.41) is 6.46. The summed E-state index contributed by atoms with van der Waals surface area (Å²) < 4.78 is 5.66. The van der Waals surface area contributed by atoms with Crippen LogP contribution in [0.2, 0.25) is 0 Å². The van der Waals surface area contributed by atoms with E-state index in [1.54, 1.807) is 37.4 Å². The van der Waals surface area contributed by atoms with Crippen LogP contribution in [-0.2, 0) is 4.79 Å². The molecule has 41 heavy (non-hydrogen) atoms. The van der Waals surface area contributed by atoms with E-state index >= 15 is 0 Å². The summed E-state index contributed by atoms with van der Waals surface area (Å²) in [6, 6.07) is 5.80. The monoisotopic (exact) mass is 565 g/mol. The van der Waals surface area contributed by atoms with E-state index in [4.69, 9.17) is 9.72 Å². The van der Waals surface area contributed by atoms with Crippen LogP contribution in [0, 0.1) is 5.41 Å². The Hall–Kier alpha value is -3.40. The maximum absolute atomic E-state index is 13.3. The molecule has 4 rings (SSSR count). The number of nitrogens with one attached hydrogen (secondary N) is 2. The zero-order valence-corrected chi connectivity index (χ0v) is 25.8. The van der Waals surface area contributed by atoms with Gasteiger partial charge in [-0.25, -0.2) is 4.98 Å². The Bertz CT molecular complexity index is 1230. The van der Waals surface area contributed by atoms with E-state index in [1.165, 1.54) is 12.8 Å². The fourth-order valence-electron chi connectivity index (χ4n) is 5.76. The summed E-state index contributed by atoms with van der Waals surface area (Å²) in [5.41, 5.74) is 1.36. The molecule has 0 bridgehead atoms. The van der Waals surface area contributed by atoms with Gasteiger partial charge in [0.05, 0.1) is 24.4 Å². The Labute approximate surface area is 244 Å². The van der Waals surface area contributed by atoms with Crippen molar-refractivity contribution in [1.82, 2.24) is 20.2 Å². The van der Waals surface area contributed by atoms with Gasteiger partial charge in [0.25, 0.3) is 5.91 Å². The number of aromatic nitrogens is 2. The molecule has 1 fully saturated rings. The van der Waals surface area contributed by atoms with Gasteiger partial charge in [0, 0.05) is 31.2 Å².